The summed E-state index contributed by atoms with van der Waals surface area (Å²) in [5.74, 6) is 0.702. The Balaban J connectivity index is 1.50. The molecule has 1 unspecified atom stereocenters. The summed E-state index contributed by atoms with van der Waals surface area (Å²) in [7, 11) is 3.98. The zero-order chi connectivity index (χ0) is 17.2. The maximum atomic E-state index is 14.1. The molecular formula is C19H29FN4. The lowest BCUT2D eigenvalue weighted by Gasteiger charge is -2.26. The molecule has 1 atom stereocenters. The van der Waals surface area contributed by atoms with E-state index in [1.807, 2.05) is 12.1 Å². The van der Waals surface area contributed by atoms with E-state index in [0.29, 0.717) is 6.04 Å². The number of hydrogen-bond donors (Lipinski definition) is 2. The molecule has 0 amide bonds. The van der Waals surface area contributed by atoms with E-state index in [4.69, 9.17) is 0 Å². The lowest BCUT2D eigenvalue weighted by atomic mass is 9.95. The number of guanidine groups is 1. The van der Waals surface area contributed by atoms with Gasteiger partial charge in [0.2, 0.25) is 0 Å². The molecule has 2 aliphatic carbocycles. The van der Waals surface area contributed by atoms with Crippen molar-refractivity contribution in [3.63, 3.8) is 0 Å². The van der Waals surface area contributed by atoms with Crippen molar-refractivity contribution in [2.24, 2.45) is 4.99 Å². The number of halogens is 1. The Kier molecular flexibility index (Phi) is 5.09. The molecule has 0 saturated heterocycles. The molecule has 0 aliphatic heterocycles. The highest BCUT2D eigenvalue weighted by molar-refractivity contribution is 5.79. The molecule has 0 bridgehead atoms. The lowest BCUT2D eigenvalue weighted by Crippen LogP contribution is -2.47. The summed E-state index contributed by atoms with van der Waals surface area (Å²) < 4.78 is 14.1. The van der Waals surface area contributed by atoms with Crippen LogP contribution in [-0.4, -0.2) is 50.1 Å². The van der Waals surface area contributed by atoms with E-state index >= 15 is 0 Å². The Morgan fingerprint density at radius 1 is 1.33 bits per heavy atom. The monoisotopic (exact) mass is 332 g/mol. The molecule has 2 aliphatic rings. The highest BCUT2D eigenvalue weighted by atomic mass is 19.1. The Morgan fingerprint density at radius 2 is 2.04 bits per heavy atom. The van der Waals surface area contributed by atoms with E-state index in [-0.39, 0.29) is 11.2 Å². The number of nitrogens with one attached hydrogen (secondary N) is 2. The third kappa shape index (κ3) is 3.89. The van der Waals surface area contributed by atoms with E-state index in [1.54, 1.807) is 19.2 Å². The maximum Gasteiger partial charge on any atom is 0.191 e. The molecule has 132 valence electrons. The zero-order valence-electron chi connectivity index (χ0n) is 15.0. The van der Waals surface area contributed by atoms with Gasteiger partial charge in [-0.05, 0) is 51.3 Å². The normalized spacial score (nSPS) is 20.8. The first-order valence-corrected chi connectivity index (χ1v) is 8.97. The third-order valence-electron chi connectivity index (χ3n) is 5.50. The molecule has 4 nitrogen and oxygen atoms in total. The van der Waals surface area contributed by atoms with Crippen LogP contribution >= 0.6 is 0 Å². The molecule has 1 aromatic rings. The molecule has 5 heteroatoms. The summed E-state index contributed by atoms with van der Waals surface area (Å²) in [6.07, 6.45) is 4.69. The Labute approximate surface area is 144 Å². The van der Waals surface area contributed by atoms with Crippen molar-refractivity contribution in [3.05, 3.63) is 35.6 Å². The number of hydrogen-bond acceptors (Lipinski definition) is 2. The first kappa shape index (κ1) is 17.2. The first-order valence-electron chi connectivity index (χ1n) is 8.97. The number of nitrogens with zero attached hydrogens (tertiary/aromatic N) is 2. The van der Waals surface area contributed by atoms with Gasteiger partial charge in [-0.25, -0.2) is 4.39 Å². The largest absolute Gasteiger partial charge is 0.356 e. The summed E-state index contributed by atoms with van der Waals surface area (Å²) in [6.45, 7) is 3.82. The van der Waals surface area contributed by atoms with Crippen LogP contribution in [0.5, 0.6) is 0 Å². The zero-order valence-corrected chi connectivity index (χ0v) is 15.0. The van der Waals surface area contributed by atoms with Gasteiger partial charge in [0.1, 0.15) is 5.82 Å². The SMILES string of the molecule is CN=C(NCC(C)N(C)C1CC1)NCC1(c2ccccc2F)CC1. The smallest absolute Gasteiger partial charge is 0.191 e. The van der Waals surface area contributed by atoms with Crippen molar-refractivity contribution in [3.8, 4) is 0 Å². The molecule has 0 spiro atoms. The fourth-order valence-corrected chi connectivity index (χ4v) is 3.29. The maximum absolute atomic E-state index is 14.1. The highest BCUT2D eigenvalue weighted by Crippen LogP contribution is 2.48. The molecule has 3 rings (SSSR count). The second kappa shape index (κ2) is 7.09. The molecule has 1 aromatic carbocycles. The lowest BCUT2D eigenvalue weighted by molar-refractivity contribution is 0.247. The highest BCUT2D eigenvalue weighted by Gasteiger charge is 2.45. The predicted molar refractivity (Wildman–Crippen MR) is 96.9 cm³/mol. The standard InChI is InChI=1S/C19H29FN4/c1-14(24(3)15-8-9-15)12-22-18(21-2)23-13-19(10-11-19)16-6-4-5-7-17(16)20/h4-7,14-15H,8-13H2,1-3H3,(H2,21,22,23). The van der Waals surface area contributed by atoms with Gasteiger partial charge in [0.15, 0.2) is 5.96 Å². The summed E-state index contributed by atoms with van der Waals surface area (Å²) in [6, 6.07) is 8.36. The van der Waals surface area contributed by atoms with Crippen LogP contribution in [0.25, 0.3) is 0 Å². The Morgan fingerprint density at radius 3 is 2.62 bits per heavy atom. The van der Waals surface area contributed by atoms with Crippen LogP contribution < -0.4 is 10.6 Å². The van der Waals surface area contributed by atoms with E-state index in [2.05, 4.69) is 34.5 Å². The fourth-order valence-electron chi connectivity index (χ4n) is 3.29. The van der Waals surface area contributed by atoms with Crippen molar-refractivity contribution in [1.82, 2.24) is 15.5 Å². The van der Waals surface area contributed by atoms with Gasteiger partial charge < -0.3 is 10.6 Å². The number of likely N-dealkylation sites (N-methyl/N-ethyl adjacent to an activating group) is 1. The summed E-state index contributed by atoms with van der Waals surface area (Å²) in [5, 5.41) is 6.79. The van der Waals surface area contributed by atoms with Gasteiger partial charge in [-0.3, -0.25) is 9.89 Å². The van der Waals surface area contributed by atoms with Gasteiger partial charge in [-0.15, -0.1) is 0 Å². The molecule has 0 heterocycles. The van der Waals surface area contributed by atoms with Crippen LogP contribution in [0.4, 0.5) is 4.39 Å². The number of rotatable bonds is 7. The predicted octanol–water partition coefficient (Wildman–Crippen LogP) is 2.51. The molecule has 2 saturated carbocycles. The van der Waals surface area contributed by atoms with Gasteiger partial charge in [-0.1, -0.05) is 18.2 Å². The quantitative estimate of drug-likeness (QED) is 0.595. The summed E-state index contributed by atoms with van der Waals surface area (Å²) in [4.78, 5) is 6.74. The summed E-state index contributed by atoms with van der Waals surface area (Å²) >= 11 is 0. The van der Waals surface area contributed by atoms with Crippen LogP contribution in [0, 0.1) is 5.82 Å². The van der Waals surface area contributed by atoms with Gasteiger partial charge >= 0.3 is 0 Å². The van der Waals surface area contributed by atoms with Crippen molar-refractivity contribution in [2.75, 3.05) is 27.2 Å². The van der Waals surface area contributed by atoms with Crippen LogP contribution in [0.15, 0.2) is 29.3 Å². The van der Waals surface area contributed by atoms with Crippen LogP contribution in [-0.2, 0) is 5.41 Å². The minimum absolute atomic E-state index is 0.0701. The van der Waals surface area contributed by atoms with Gasteiger partial charge in [0, 0.05) is 37.6 Å². The van der Waals surface area contributed by atoms with E-state index in [1.165, 1.54) is 12.8 Å². The minimum Gasteiger partial charge on any atom is -0.356 e. The fraction of sp³-hybridized carbons (Fsp3) is 0.632. The van der Waals surface area contributed by atoms with Crippen molar-refractivity contribution in [1.29, 1.82) is 0 Å². The van der Waals surface area contributed by atoms with E-state index in [0.717, 1.165) is 43.5 Å². The summed E-state index contributed by atoms with van der Waals surface area (Å²) in [5.41, 5.74) is 0.758. The average Bonchev–Trinajstić information content (AvgIpc) is 3.48. The molecule has 24 heavy (non-hydrogen) atoms. The van der Waals surface area contributed by atoms with Gasteiger partial charge in [-0.2, -0.15) is 0 Å². The van der Waals surface area contributed by atoms with Crippen molar-refractivity contribution >= 4 is 5.96 Å². The van der Waals surface area contributed by atoms with Gasteiger partial charge in [0.05, 0.1) is 0 Å². The second-order valence-electron chi connectivity index (χ2n) is 7.31. The third-order valence-corrected chi connectivity index (χ3v) is 5.50. The topological polar surface area (TPSA) is 39.7 Å². The first-order chi connectivity index (χ1) is 11.6. The Hall–Kier alpha value is -1.62. The molecule has 2 fully saturated rings. The number of aliphatic imine (C=N–C) groups is 1. The van der Waals surface area contributed by atoms with Crippen LogP contribution in [0.2, 0.25) is 0 Å². The van der Waals surface area contributed by atoms with Crippen molar-refractivity contribution < 1.29 is 4.39 Å². The van der Waals surface area contributed by atoms with Gasteiger partial charge in [0.25, 0.3) is 0 Å². The molecule has 0 radical (unpaired) electrons. The Bertz CT molecular complexity index is 593. The van der Waals surface area contributed by atoms with E-state index in [9.17, 15) is 4.39 Å². The number of benzene rings is 1. The molecule has 0 aromatic heterocycles. The second-order valence-corrected chi connectivity index (χ2v) is 7.31. The van der Waals surface area contributed by atoms with E-state index < -0.39 is 0 Å². The average molecular weight is 332 g/mol. The molecular weight excluding hydrogens is 303 g/mol. The van der Waals surface area contributed by atoms with Crippen LogP contribution in [0.1, 0.15) is 38.2 Å². The molecule has 2 N–H and O–H groups in total. The minimum atomic E-state index is -0.0978. The van der Waals surface area contributed by atoms with Crippen LogP contribution in [0.3, 0.4) is 0 Å². The van der Waals surface area contributed by atoms with Crippen molar-refractivity contribution in [2.45, 2.75) is 50.1 Å².